The minimum atomic E-state index is -0.526. The summed E-state index contributed by atoms with van der Waals surface area (Å²) in [5.41, 5.74) is 1.50. The molecular weight excluding hydrogens is 304 g/mol. The Kier molecular flexibility index (Phi) is 4.06. The molecule has 2 heterocycles. The third kappa shape index (κ3) is 2.99. The smallest absolute Gasteiger partial charge is 0.125 e. The Labute approximate surface area is 134 Å². The van der Waals surface area contributed by atoms with Crippen LogP contribution < -0.4 is 0 Å². The Morgan fingerprint density at radius 2 is 2.10 bits per heavy atom. The molecule has 1 fully saturated rings. The molecule has 112 valence electrons. The van der Waals surface area contributed by atoms with Crippen molar-refractivity contribution in [3.8, 4) is 10.6 Å². The van der Waals surface area contributed by atoms with Crippen molar-refractivity contribution in [2.75, 3.05) is 13.1 Å². The lowest BCUT2D eigenvalue weighted by Crippen LogP contribution is -2.63. The lowest BCUT2D eigenvalue weighted by Gasteiger charge is -2.49. The number of thiazole rings is 1. The standard InChI is InChI=1S/C16H19ClN2OS/c1-11(2)16(20)9-19(10-16)7-12-8-21-15(18-12)13-5-3-4-6-14(13)17/h3-6,8,11,20H,7,9-10H2,1-2H3. The molecule has 2 aromatic rings. The topological polar surface area (TPSA) is 36.4 Å². The van der Waals surface area contributed by atoms with E-state index in [2.05, 4.69) is 29.1 Å². The predicted molar refractivity (Wildman–Crippen MR) is 87.6 cm³/mol. The molecule has 1 N–H and O–H groups in total. The first-order chi connectivity index (χ1) is 9.98. The minimum Gasteiger partial charge on any atom is -0.387 e. The Morgan fingerprint density at radius 3 is 2.76 bits per heavy atom. The number of nitrogens with zero attached hydrogens (tertiary/aromatic N) is 2. The number of β-amino-alcohol motifs (C(OH)–C–C–N with tert-alkyl or cyclic N) is 1. The monoisotopic (exact) mass is 322 g/mol. The number of rotatable bonds is 4. The first-order valence-electron chi connectivity index (χ1n) is 7.12. The van der Waals surface area contributed by atoms with Crippen LogP contribution in [0.4, 0.5) is 0 Å². The first kappa shape index (κ1) is 15.0. The Balaban J connectivity index is 1.66. The molecule has 0 radical (unpaired) electrons. The van der Waals surface area contributed by atoms with E-state index in [1.807, 2.05) is 24.3 Å². The molecule has 0 amide bonds. The highest BCUT2D eigenvalue weighted by Gasteiger charge is 2.43. The van der Waals surface area contributed by atoms with Crippen molar-refractivity contribution in [1.29, 1.82) is 0 Å². The second kappa shape index (κ2) is 5.69. The van der Waals surface area contributed by atoms with Gasteiger partial charge in [-0.2, -0.15) is 0 Å². The number of aromatic nitrogens is 1. The fourth-order valence-electron chi connectivity index (χ4n) is 2.57. The Hall–Kier alpha value is -0.940. The largest absolute Gasteiger partial charge is 0.387 e. The van der Waals surface area contributed by atoms with Gasteiger partial charge in [0.05, 0.1) is 16.3 Å². The van der Waals surface area contributed by atoms with Gasteiger partial charge in [0.1, 0.15) is 5.01 Å². The molecule has 1 aromatic carbocycles. The molecule has 1 aliphatic rings. The summed E-state index contributed by atoms with van der Waals surface area (Å²) < 4.78 is 0. The molecule has 1 aromatic heterocycles. The van der Waals surface area contributed by atoms with E-state index >= 15 is 0 Å². The summed E-state index contributed by atoms with van der Waals surface area (Å²) in [6.45, 7) is 6.37. The maximum Gasteiger partial charge on any atom is 0.125 e. The first-order valence-corrected chi connectivity index (χ1v) is 8.38. The molecule has 0 unspecified atom stereocenters. The molecule has 0 atom stereocenters. The molecule has 0 aliphatic carbocycles. The third-order valence-electron chi connectivity index (χ3n) is 4.11. The quantitative estimate of drug-likeness (QED) is 0.933. The van der Waals surface area contributed by atoms with Crippen LogP contribution in [0.2, 0.25) is 5.02 Å². The fraction of sp³-hybridized carbons (Fsp3) is 0.438. The summed E-state index contributed by atoms with van der Waals surface area (Å²) in [6, 6.07) is 7.77. The number of halogens is 1. The van der Waals surface area contributed by atoms with E-state index in [0.29, 0.717) is 5.92 Å². The van der Waals surface area contributed by atoms with Crippen molar-refractivity contribution in [2.45, 2.75) is 26.0 Å². The van der Waals surface area contributed by atoms with Crippen LogP contribution in [0.25, 0.3) is 10.6 Å². The van der Waals surface area contributed by atoms with Gasteiger partial charge in [-0.05, 0) is 12.0 Å². The average Bonchev–Trinajstić information content (AvgIpc) is 2.85. The Bertz CT molecular complexity index is 635. The van der Waals surface area contributed by atoms with Gasteiger partial charge in [-0.3, -0.25) is 4.90 Å². The van der Waals surface area contributed by atoms with Gasteiger partial charge in [0.2, 0.25) is 0 Å². The van der Waals surface area contributed by atoms with E-state index in [1.165, 1.54) is 0 Å². The molecule has 0 saturated carbocycles. The van der Waals surface area contributed by atoms with Gasteiger partial charge in [0.15, 0.2) is 0 Å². The molecule has 3 nitrogen and oxygen atoms in total. The van der Waals surface area contributed by atoms with Gasteiger partial charge in [-0.15, -0.1) is 11.3 Å². The van der Waals surface area contributed by atoms with Crippen molar-refractivity contribution in [2.24, 2.45) is 5.92 Å². The van der Waals surface area contributed by atoms with Gasteiger partial charge in [-0.1, -0.05) is 43.6 Å². The summed E-state index contributed by atoms with van der Waals surface area (Å²) in [7, 11) is 0. The van der Waals surface area contributed by atoms with Crippen molar-refractivity contribution in [3.63, 3.8) is 0 Å². The maximum atomic E-state index is 10.3. The molecule has 0 bridgehead atoms. The summed E-state index contributed by atoms with van der Waals surface area (Å²) in [4.78, 5) is 6.89. The summed E-state index contributed by atoms with van der Waals surface area (Å²) >= 11 is 7.82. The number of aliphatic hydroxyl groups is 1. The van der Waals surface area contributed by atoms with E-state index < -0.39 is 5.60 Å². The summed E-state index contributed by atoms with van der Waals surface area (Å²) in [5.74, 6) is 0.294. The van der Waals surface area contributed by atoms with E-state index in [4.69, 9.17) is 11.6 Å². The van der Waals surface area contributed by atoms with Gasteiger partial charge >= 0.3 is 0 Å². The zero-order valence-electron chi connectivity index (χ0n) is 12.2. The number of benzene rings is 1. The maximum absolute atomic E-state index is 10.3. The van der Waals surface area contributed by atoms with Crippen molar-refractivity contribution in [3.05, 3.63) is 40.4 Å². The number of hydrogen-bond acceptors (Lipinski definition) is 4. The molecular formula is C16H19ClN2OS. The van der Waals surface area contributed by atoms with Gasteiger partial charge in [-0.25, -0.2) is 4.98 Å². The molecule has 21 heavy (non-hydrogen) atoms. The van der Waals surface area contributed by atoms with Gasteiger partial charge in [0.25, 0.3) is 0 Å². The van der Waals surface area contributed by atoms with E-state index in [-0.39, 0.29) is 0 Å². The second-order valence-electron chi connectivity index (χ2n) is 6.03. The average molecular weight is 323 g/mol. The zero-order chi connectivity index (χ0) is 15.0. The second-order valence-corrected chi connectivity index (χ2v) is 7.29. The number of hydrogen-bond donors (Lipinski definition) is 1. The van der Waals surface area contributed by atoms with Gasteiger partial charge < -0.3 is 5.11 Å². The van der Waals surface area contributed by atoms with E-state index in [0.717, 1.165) is 40.9 Å². The van der Waals surface area contributed by atoms with E-state index in [9.17, 15) is 5.11 Å². The molecule has 3 rings (SSSR count). The van der Waals surface area contributed by atoms with Crippen LogP contribution in [0.15, 0.2) is 29.6 Å². The van der Waals surface area contributed by atoms with Crippen molar-refractivity contribution >= 4 is 22.9 Å². The molecule has 5 heteroatoms. The van der Waals surface area contributed by atoms with Gasteiger partial charge in [0, 0.05) is 30.6 Å². The fourth-order valence-corrected chi connectivity index (χ4v) is 3.70. The predicted octanol–water partition coefficient (Wildman–Crippen LogP) is 3.67. The zero-order valence-corrected chi connectivity index (χ0v) is 13.8. The SMILES string of the molecule is CC(C)C1(O)CN(Cc2csc(-c3ccccc3Cl)n2)C1. The van der Waals surface area contributed by atoms with Crippen LogP contribution in [0.3, 0.4) is 0 Å². The van der Waals surface area contributed by atoms with Crippen LogP contribution in [0.1, 0.15) is 19.5 Å². The minimum absolute atomic E-state index is 0.294. The Morgan fingerprint density at radius 1 is 1.38 bits per heavy atom. The van der Waals surface area contributed by atoms with Crippen molar-refractivity contribution in [1.82, 2.24) is 9.88 Å². The van der Waals surface area contributed by atoms with Crippen LogP contribution >= 0.6 is 22.9 Å². The third-order valence-corrected chi connectivity index (χ3v) is 5.37. The molecule has 1 saturated heterocycles. The van der Waals surface area contributed by atoms with E-state index in [1.54, 1.807) is 11.3 Å². The number of likely N-dealkylation sites (tertiary alicyclic amines) is 1. The van der Waals surface area contributed by atoms with Crippen LogP contribution in [0.5, 0.6) is 0 Å². The van der Waals surface area contributed by atoms with Crippen molar-refractivity contribution < 1.29 is 5.11 Å². The highest BCUT2D eigenvalue weighted by Crippen LogP contribution is 2.32. The lowest BCUT2D eigenvalue weighted by molar-refractivity contribution is -0.131. The molecule has 1 aliphatic heterocycles. The lowest BCUT2D eigenvalue weighted by atomic mass is 9.83. The summed E-state index contributed by atoms with van der Waals surface area (Å²) in [6.07, 6.45) is 0. The highest BCUT2D eigenvalue weighted by molar-refractivity contribution is 7.13. The normalized spacial score (nSPS) is 18.0. The van der Waals surface area contributed by atoms with Crippen LogP contribution in [-0.4, -0.2) is 33.7 Å². The summed E-state index contributed by atoms with van der Waals surface area (Å²) in [5, 5.41) is 14.0. The molecule has 0 spiro atoms. The highest BCUT2D eigenvalue weighted by atomic mass is 35.5. The van der Waals surface area contributed by atoms with Crippen LogP contribution in [0, 0.1) is 5.92 Å². The van der Waals surface area contributed by atoms with Crippen LogP contribution in [-0.2, 0) is 6.54 Å².